The molecule has 0 spiro atoms. The van der Waals surface area contributed by atoms with Crippen LogP contribution in [0.1, 0.15) is 30.1 Å². The zero-order valence-electron chi connectivity index (χ0n) is 16.8. The first-order chi connectivity index (χ1) is 14.2. The normalized spacial score (nSPS) is 16.8. The fraction of sp³-hybridized carbons (Fsp3) is 0.375. The number of ether oxygens (including phenoxy) is 2. The van der Waals surface area contributed by atoms with E-state index in [-0.39, 0.29) is 12.1 Å². The van der Waals surface area contributed by atoms with Crippen molar-refractivity contribution in [1.29, 1.82) is 0 Å². The van der Waals surface area contributed by atoms with Gasteiger partial charge in [-0.25, -0.2) is 4.79 Å². The maximum Gasteiger partial charge on any atom is 0.330 e. The van der Waals surface area contributed by atoms with Gasteiger partial charge >= 0.3 is 5.97 Å². The molecule has 1 unspecified atom stereocenters. The van der Waals surface area contributed by atoms with Crippen molar-refractivity contribution in [1.82, 2.24) is 4.90 Å². The van der Waals surface area contributed by atoms with Crippen molar-refractivity contribution in [3.05, 3.63) is 82.9 Å². The molecule has 0 bridgehead atoms. The molecule has 2 aromatic rings. The van der Waals surface area contributed by atoms with Crippen molar-refractivity contribution in [2.24, 2.45) is 5.92 Å². The fourth-order valence-electron chi connectivity index (χ4n) is 3.60. The van der Waals surface area contributed by atoms with E-state index in [1.165, 1.54) is 7.11 Å². The average Bonchev–Trinajstić information content (AvgIpc) is 2.77. The highest BCUT2D eigenvalue weighted by atomic mass is 35.5. The number of hydrogen-bond acceptors (Lipinski definition) is 4. The molecule has 154 valence electrons. The Morgan fingerprint density at radius 3 is 2.41 bits per heavy atom. The second-order valence-electron chi connectivity index (χ2n) is 7.27. The number of nitrogens with zero attached hydrogens (tertiary/aromatic N) is 1. The fourth-order valence-corrected chi connectivity index (χ4v) is 3.73. The van der Waals surface area contributed by atoms with E-state index in [0.29, 0.717) is 12.5 Å². The SMILES string of the molecule is COC(=O)C=CC1CCN(CCOC(c2ccccc2)c2ccc(Cl)cc2)CC1. The molecule has 29 heavy (non-hydrogen) atoms. The van der Waals surface area contributed by atoms with Crippen LogP contribution >= 0.6 is 11.6 Å². The number of rotatable bonds is 8. The molecule has 4 nitrogen and oxygen atoms in total. The van der Waals surface area contributed by atoms with Gasteiger partial charge < -0.3 is 14.4 Å². The number of hydrogen-bond donors (Lipinski definition) is 0. The third kappa shape index (κ3) is 6.70. The van der Waals surface area contributed by atoms with Gasteiger partial charge in [-0.15, -0.1) is 0 Å². The van der Waals surface area contributed by atoms with E-state index >= 15 is 0 Å². The molecule has 0 amide bonds. The summed E-state index contributed by atoms with van der Waals surface area (Å²) in [6.45, 7) is 3.57. The summed E-state index contributed by atoms with van der Waals surface area (Å²) in [6, 6.07) is 18.1. The lowest BCUT2D eigenvalue weighted by Gasteiger charge is -2.31. The Morgan fingerprint density at radius 2 is 1.76 bits per heavy atom. The van der Waals surface area contributed by atoms with E-state index in [2.05, 4.69) is 21.8 Å². The molecule has 0 aliphatic carbocycles. The topological polar surface area (TPSA) is 38.8 Å². The van der Waals surface area contributed by atoms with Crippen LogP contribution in [0.5, 0.6) is 0 Å². The quantitative estimate of drug-likeness (QED) is 0.456. The van der Waals surface area contributed by atoms with Gasteiger partial charge in [0.2, 0.25) is 0 Å². The van der Waals surface area contributed by atoms with E-state index in [4.69, 9.17) is 16.3 Å². The third-order valence-corrected chi connectivity index (χ3v) is 5.56. The monoisotopic (exact) mass is 413 g/mol. The Kier molecular flexibility index (Phi) is 8.29. The zero-order chi connectivity index (χ0) is 20.5. The van der Waals surface area contributed by atoms with Crippen molar-refractivity contribution in [3.8, 4) is 0 Å². The van der Waals surface area contributed by atoms with Crippen LogP contribution in [0.2, 0.25) is 5.02 Å². The van der Waals surface area contributed by atoms with E-state index in [9.17, 15) is 4.79 Å². The van der Waals surface area contributed by atoms with Gasteiger partial charge in [0, 0.05) is 17.6 Å². The number of carbonyl (C=O) groups excluding carboxylic acids is 1. The minimum absolute atomic E-state index is 0.103. The zero-order valence-corrected chi connectivity index (χ0v) is 17.6. The molecule has 1 fully saturated rings. The van der Waals surface area contributed by atoms with E-state index in [1.54, 1.807) is 6.08 Å². The second kappa shape index (κ2) is 11.1. The van der Waals surface area contributed by atoms with Gasteiger partial charge in [-0.1, -0.05) is 60.1 Å². The lowest BCUT2D eigenvalue weighted by Crippen LogP contribution is -2.35. The van der Waals surface area contributed by atoms with Gasteiger partial charge in [-0.05, 0) is 55.1 Å². The molecule has 1 heterocycles. The van der Waals surface area contributed by atoms with Crippen LogP contribution in [0.4, 0.5) is 0 Å². The predicted octanol–water partition coefficient (Wildman–Crippen LogP) is 4.89. The first-order valence-corrected chi connectivity index (χ1v) is 10.4. The summed E-state index contributed by atoms with van der Waals surface area (Å²) in [7, 11) is 1.40. The Balaban J connectivity index is 1.51. The summed E-state index contributed by atoms with van der Waals surface area (Å²) in [6.07, 6.45) is 5.51. The van der Waals surface area contributed by atoms with Crippen molar-refractivity contribution >= 4 is 17.6 Å². The summed E-state index contributed by atoms with van der Waals surface area (Å²) in [5, 5.41) is 0.727. The van der Waals surface area contributed by atoms with Crippen LogP contribution in [0.15, 0.2) is 66.7 Å². The molecule has 3 rings (SSSR count). The highest BCUT2D eigenvalue weighted by Crippen LogP contribution is 2.27. The minimum Gasteiger partial charge on any atom is -0.466 e. The van der Waals surface area contributed by atoms with Crippen molar-refractivity contribution < 1.29 is 14.3 Å². The van der Waals surface area contributed by atoms with Gasteiger partial charge in [0.15, 0.2) is 0 Å². The predicted molar refractivity (Wildman–Crippen MR) is 116 cm³/mol. The molecule has 0 N–H and O–H groups in total. The molecule has 0 radical (unpaired) electrons. The molecular weight excluding hydrogens is 386 g/mol. The van der Waals surface area contributed by atoms with Crippen molar-refractivity contribution in [3.63, 3.8) is 0 Å². The highest BCUT2D eigenvalue weighted by molar-refractivity contribution is 6.30. The molecule has 5 heteroatoms. The van der Waals surface area contributed by atoms with Crippen molar-refractivity contribution in [2.45, 2.75) is 18.9 Å². The van der Waals surface area contributed by atoms with E-state index < -0.39 is 0 Å². The van der Waals surface area contributed by atoms with Gasteiger partial charge in [0.25, 0.3) is 0 Å². The maximum atomic E-state index is 11.2. The summed E-state index contributed by atoms with van der Waals surface area (Å²) in [5.74, 6) is 0.160. The number of piperidine rings is 1. The summed E-state index contributed by atoms with van der Waals surface area (Å²) < 4.78 is 11.0. The molecule has 0 aromatic heterocycles. The molecule has 1 aliphatic heterocycles. The van der Waals surface area contributed by atoms with Gasteiger partial charge in [-0.2, -0.15) is 0 Å². The van der Waals surface area contributed by atoms with E-state index in [0.717, 1.165) is 48.6 Å². The summed E-state index contributed by atoms with van der Waals surface area (Å²) >= 11 is 6.05. The Morgan fingerprint density at radius 1 is 1.10 bits per heavy atom. The van der Waals surface area contributed by atoms with Crippen LogP contribution in [-0.2, 0) is 14.3 Å². The number of methoxy groups -OCH3 is 1. The lowest BCUT2D eigenvalue weighted by molar-refractivity contribution is -0.134. The van der Waals surface area contributed by atoms with Gasteiger partial charge in [-0.3, -0.25) is 0 Å². The molecular formula is C24H28ClNO3. The molecule has 0 saturated carbocycles. The van der Waals surface area contributed by atoms with Crippen LogP contribution in [0.3, 0.4) is 0 Å². The van der Waals surface area contributed by atoms with Gasteiger partial charge in [0.1, 0.15) is 6.10 Å². The lowest BCUT2D eigenvalue weighted by atomic mass is 9.96. The number of halogens is 1. The average molecular weight is 414 g/mol. The largest absolute Gasteiger partial charge is 0.466 e. The van der Waals surface area contributed by atoms with Crippen molar-refractivity contribution in [2.75, 3.05) is 33.4 Å². The number of likely N-dealkylation sites (tertiary alicyclic amines) is 1. The molecule has 1 atom stereocenters. The first kappa shape index (κ1) is 21.6. The number of carbonyl (C=O) groups is 1. The maximum absolute atomic E-state index is 11.2. The van der Waals surface area contributed by atoms with Crippen LogP contribution in [0.25, 0.3) is 0 Å². The second-order valence-corrected chi connectivity index (χ2v) is 7.71. The van der Waals surface area contributed by atoms with Gasteiger partial charge in [0.05, 0.1) is 13.7 Å². The number of allylic oxidation sites excluding steroid dienone is 1. The Labute approximate surface area is 178 Å². The standard InChI is InChI=1S/C24H28ClNO3/c1-28-23(27)12-7-19-13-15-26(16-14-19)17-18-29-24(20-5-3-2-4-6-20)21-8-10-22(25)11-9-21/h2-12,19,24H,13-18H2,1H3. The van der Waals surface area contributed by atoms with E-state index in [1.807, 2.05) is 48.5 Å². The first-order valence-electron chi connectivity index (χ1n) is 10.1. The Bertz CT molecular complexity index is 784. The molecule has 2 aromatic carbocycles. The Hall–Kier alpha value is -2.14. The summed E-state index contributed by atoms with van der Waals surface area (Å²) in [4.78, 5) is 13.7. The molecule has 1 aliphatic rings. The molecule has 1 saturated heterocycles. The number of esters is 1. The summed E-state index contributed by atoms with van der Waals surface area (Å²) in [5.41, 5.74) is 2.24. The highest BCUT2D eigenvalue weighted by Gasteiger charge is 2.19. The van der Waals surface area contributed by atoms with Crippen LogP contribution < -0.4 is 0 Å². The smallest absolute Gasteiger partial charge is 0.330 e. The minimum atomic E-state index is -0.282. The van der Waals surface area contributed by atoms with Crippen LogP contribution in [-0.4, -0.2) is 44.2 Å². The third-order valence-electron chi connectivity index (χ3n) is 5.31. The number of benzene rings is 2. The van der Waals surface area contributed by atoms with Crippen LogP contribution in [0, 0.1) is 5.92 Å².